The molecule has 1 aliphatic carbocycles. The Kier molecular flexibility index (Phi) is 5.68. The molecule has 0 radical (unpaired) electrons. The number of anilines is 1. The molecule has 6 rings (SSSR count). The van der Waals surface area contributed by atoms with Crippen LogP contribution in [0, 0.1) is 5.41 Å². The first-order valence-electron chi connectivity index (χ1n) is 12.7. The van der Waals surface area contributed by atoms with Crippen LogP contribution in [0.25, 0.3) is 11.1 Å². The maximum absolute atomic E-state index is 13.6. The lowest BCUT2D eigenvalue weighted by Gasteiger charge is -2.33. The number of carbonyl (C=O) groups excluding carboxylic acids is 2. The topological polar surface area (TPSA) is 46.6 Å². The van der Waals surface area contributed by atoms with Gasteiger partial charge < -0.3 is 9.64 Å². The highest BCUT2D eigenvalue weighted by Crippen LogP contribution is 2.53. The molecule has 0 bridgehead atoms. The Bertz CT molecular complexity index is 1480. The largest absolute Gasteiger partial charge is 0.459 e. The Morgan fingerprint density at radius 2 is 1.49 bits per heavy atom. The van der Waals surface area contributed by atoms with Crippen molar-refractivity contribution in [3.05, 3.63) is 125 Å². The monoisotopic (exact) mass is 487 g/mol. The van der Waals surface area contributed by atoms with E-state index in [1.807, 2.05) is 67.3 Å². The Hall–Kier alpha value is -4.18. The van der Waals surface area contributed by atoms with Crippen LogP contribution in [0.3, 0.4) is 0 Å². The minimum absolute atomic E-state index is 0.0170. The molecule has 2 atom stereocenters. The molecule has 0 N–H and O–H groups in total. The Morgan fingerprint density at radius 3 is 2.24 bits per heavy atom. The minimum Gasteiger partial charge on any atom is -0.459 e. The van der Waals surface area contributed by atoms with Gasteiger partial charge in [-0.1, -0.05) is 111 Å². The molecule has 1 fully saturated rings. The van der Waals surface area contributed by atoms with Crippen LogP contribution in [-0.4, -0.2) is 24.3 Å². The summed E-state index contributed by atoms with van der Waals surface area (Å²) in [5, 5.41) is 0. The second-order valence-corrected chi connectivity index (χ2v) is 10.4. The smallest absolute Gasteiger partial charge is 0.330 e. The number of ketones is 1. The van der Waals surface area contributed by atoms with Crippen molar-refractivity contribution in [3.63, 3.8) is 0 Å². The number of Topliss-reactive ketones (excluding diaryl/α,β-unsaturated/α-hetero) is 1. The maximum atomic E-state index is 13.6. The van der Waals surface area contributed by atoms with Gasteiger partial charge in [0, 0.05) is 11.6 Å². The van der Waals surface area contributed by atoms with E-state index in [0.717, 1.165) is 22.4 Å². The molecular formula is C33H29NO3. The number of rotatable bonds is 5. The SMILES string of the molecule is CC1(C)C(=O)CN(c2cccc3c2C(c2ccccc2)c2ccccc2-3)[C@@H]1C(=O)OCc1ccccc1. The summed E-state index contributed by atoms with van der Waals surface area (Å²) in [4.78, 5) is 28.9. The Balaban J connectivity index is 1.44. The number of hydrogen-bond donors (Lipinski definition) is 0. The minimum atomic E-state index is -0.871. The second kappa shape index (κ2) is 9.04. The van der Waals surface area contributed by atoms with Gasteiger partial charge in [-0.15, -0.1) is 0 Å². The molecule has 2 aliphatic rings. The summed E-state index contributed by atoms with van der Waals surface area (Å²) in [6.07, 6.45) is 0. The van der Waals surface area contributed by atoms with Gasteiger partial charge in [0.1, 0.15) is 12.6 Å². The van der Waals surface area contributed by atoms with E-state index >= 15 is 0 Å². The third kappa shape index (κ3) is 3.84. The van der Waals surface area contributed by atoms with Gasteiger partial charge in [0.05, 0.1) is 12.0 Å². The molecule has 0 amide bonds. The normalized spacial score (nSPS) is 19.4. The zero-order valence-corrected chi connectivity index (χ0v) is 21.1. The molecule has 0 spiro atoms. The standard InChI is InChI=1S/C33H29NO3/c1-33(2)28(35)20-34(31(33)32(36)37-21-22-12-5-3-6-13-22)27-19-11-18-26-24-16-9-10-17-25(24)29(30(26)27)23-14-7-4-8-15-23/h3-19,29,31H,20-21H2,1-2H3/t29?,31-/m1/s1. The molecule has 0 aromatic heterocycles. The van der Waals surface area contributed by atoms with Crippen LogP contribution in [0.4, 0.5) is 5.69 Å². The van der Waals surface area contributed by atoms with Crippen LogP contribution in [0.1, 0.15) is 42.0 Å². The average Bonchev–Trinajstić information content (AvgIpc) is 3.39. The molecule has 4 aromatic rings. The highest BCUT2D eigenvalue weighted by Gasteiger charge is 2.53. The molecule has 4 heteroatoms. The fourth-order valence-corrected chi connectivity index (χ4v) is 5.93. The van der Waals surface area contributed by atoms with Gasteiger partial charge in [-0.3, -0.25) is 4.79 Å². The summed E-state index contributed by atoms with van der Waals surface area (Å²) < 4.78 is 5.81. The first-order chi connectivity index (χ1) is 18.0. The van der Waals surface area contributed by atoms with Crippen LogP contribution in [-0.2, 0) is 20.9 Å². The third-order valence-electron chi connectivity index (χ3n) is 7.85. The molecule has 4 nitrogen and oxygen atoms in total. The van der Waals surface area contributed by atoms with Gasteiger partial charge in [-0.2, -0.15) is 0 Å². The number of ether oxygens (including phenoxy) is 1. The average molecular weight is 488 g/mol. The number of hydrogen-bond acceptors (Lipinski definition) is 4. The van der Waals surface area contributed by atoms with Gasteiger partial charge in [0.15, 0.2) is 5.78 Å². The van der Waals surface area contributed by atoms with Crippen molar-refractivity contribution >= 4 is 17.4 Å². The van der Waals surface area contributed by atoms with Crippen LogP contribution in [0.5, 0.6) is 0 Å². The first-order valence-corrected chi connectivity index (χ1v) is 12.7. The maximum Gasteiger partial charge on any atom is 0.330 e. The van der Waals surface area contributed by atoms with Crippen molar-refractivity contribution < 1.29 is 14.3 Å². The van der Waals surface area contributed by atoms with E-state index in [1.54, 1.807) is 0 Å². The fourth-order valence-electron chi connectivity index (χ4n) is 5.93. The first kappa shape index (κ1) is 23.2. The van der Waals surface area contributed by atoms with Gasteiger partial charge >= 0.3 is 5.97 Å². The summed E-state index contributed by atoms with van der Waals surface area (Å²) in [7, 11) is 0. The van der Waals surface area contributed by atoms with Gasteiger partial charge in [-0.05, 0) is 39.4 Å². The highest BCUT2D eigenvalue weighted by atomic mass is 16.5. The van der Waals surface area contributed by atoms with E-state index in [0.29, 0.717) is 0 Å². The van der Waals surface area contributed by atoms with E-state index in [9.17, 15) is 9.59 Å². The van der Waals surface area contributed by atoms with Crippen LogP contribution in [0.15, 0.2) is 103 Å². The Labute approximate surface area is 217 Å². The van der Waals surface area contributed by atoms with E-state index in [-0.39, 0.29) is 30.8 Å². The van der Waals surface area contributed by atoms with Gasteiger partial charge in [-0.25, -0.2) is 4.79 Å². The quantitative estimate of drug-likeness (QED) is 0.270. The summed E-state index contributed by atoms with van der Waals surface area (Å²) in [6, 6.07) is 34.1. The number of nitrogens with zero attached hydrogens (tertiary/aromatic N) is 1. The summed E-state index contributed by atoms with van der Waals surface area (Å²) >= 11 is 0. The van der Waals surface area contributed by atoms with Crippen molar-refractivity contribution in [3.8, 4) is 11.1 Å². The molecule has 184 valence electrons. The molecular weight excluding hydrogens is 458 g/mol. The molecule has 1 saturated heterocycles. The Morgan fingerprint density at radius 1 is 0.838 bits per heavy atom. The number of esters is 1. The molecule has 1 aliphatic heterocycles. The van der Waals surface area contributed by atoms with Crippen molar-refractivity contribution in [1.29, 1.82) is 0 Å². The predicted octanol–water partition coefficient (Wildman–Crippen LogP) is 6.37. The lowest BCUT2D eigenvalue weighted by atomic mass is 9.83. The van der Waals surface area contributed by atoms with E-state index in [4.69, 9.17) is 4.74 Å². The molecule has 1 unspecified atom stereocenters. The van der Waals surface area contributed by atoms with E-state index in [2.05, 4.69) is 54.6 Å². The van der Waals surface area contributed by atoms with Crippen molar-refractivity contribution in [2.24, 2.45) is 5.41 Å². The predicted molar refractivity (Wildman–Crippen MR) is 145 cm³/mol. The van der Waals surface area contributed by atoms with Crippen LogP contribution < -0.4 is 4.90 Å². The number of benzene rings is 4. The number of carbonyl (C=O) groups is 2. The molecule has 37 heavy (non-hydrogen) atoms. The zero-order chi connectivity index (χ0) is 25.6. The fraction of sp³-hybridized carbons (Fsp3) is 0.212. The molecule has 1 heterocycles. The molecule has 4 aromatic carbocycles. The third-order valence-corrected chi connectivity index (χ3v) is 7.85. The lowest BCUT2D eigenvalue weighted by molar-refractivity contribution is -0.150. The van der Waals surface area contributed by atoms with Gasteiger partial charge in [0.2, 0.25) is 0 Å². The second-order valence-electron chi connectivity index (χ2n) is 10.4. The van der Waals surface area contributed by atoms with Crippen molar-refractivity contribution in [1.82, 2.24) is 0 Å². The van der Waals surface area contributed by atoms with Crippen molar-refractivity contribution in [2.75, 3.05) is 11.4 Å². The number of fused-ring (bicyclic) bond motifs is 3. The van der Waals surface area contributed by atoms with Crippen molar-refractivity contribution in [2.45, 2.75) is 32.4 Å². The van der Waals surface area contributed by atoms with Gasteiger partial charge in [0.25, 0.3) is 0 Å². The lowest BCUT2D eigenvalue weighted by Crippen LogP contribution is -2.45. The summed E-state index contributed by atoms with van der Waals surface area (Å²) in [6.45, 7) is 4.07. The zero-order valence-electron chi connectivity index (χ0n) is 21.1. The molecule has 0 saturated carbocycles. The highest BCUT2D eigenvalue weighted by molar-refractivity contribution is 6.02. The van der Waals surface area contributed by atoms with E-state index in [1.165, 1.54) is 16.7 Å². The van der Waals surface area contributed by atoms with E-state index < -0.39 is 11.5 Å². The van der Waals surface area contributed by atoms with Crippen LogP contribution in [0.2, 0.25) is 0 Å². The summed E-state index contributed by atoms with van der Waals surface area (Å²) in [5.74, 6) is -0.314. The summed E-state index contributed by atoms with van der Waals surface area (Å²) in [5.41, 5.74) is 6.88. The van der Waals surface area contributed by atoms with Crippen LogP contribution >= 0.6 is 0 Å².